The average Bonchev–Trinajstić information content (AvgIpc) is 2.09. The van der Waals surface area contributed by atoms with Crippen LogP contribution in [0.15, 0.2) is 18.3 Å². The van der Waals surface area contributed by atoms with Gasteiger partial charge < -0.3 is 4.74 Å². The molecule has 0 atom stereocenters. The summed E-state index contributed by atoms with van der Waals surface area (Å²) in [6.07, 6.45) is 1.15. The summed E-state index contributed by atoms with van der Waals surface area (Å²) in [5.41, 5.74) is 0.913. The molecule has 0 aliphatic rings. The lowest BCUT2D eigenvalue weighted by Crippen LogP contribution is -2.14. The second kappa shape index (κ2) is 4.45. The van der Waals surface area contributed by atoms with E-state index in [9.17, 15) is 4.79 Å². The molecule has 0 unspecified atom stereocenters. The van der Waals surface area contributed by atoms with E-state index in [0.29, 0.717) is 12.4 Å². The van der Waals surface area contributed by atoms with Crippen molar-refractivity contribution in [2.24, 2.45) is 0 Å². The third kappa shape index (κ3) is 2.74. The molecule has 0 aliphatic carbocycles. The van der Waals surface area contributed by atoms with Gasteiger partial charge in [0.2, 0.25) is 0 Å². The number of nitrogens with zero attached hydrogens (tertiary/aromatic N) is 1. The lowest BCUT2D eigenvalue weighted by molar-refractivity contribution is 0.168. The highest BCUT2D eigenvalue weighted by atomic mass is 16.5. The van der Waals surface area contributed by atoms with E-state index < -0.39 is 6.09 Å². The normalized spacial score (nSPS) is 9.38. The van der Waals surface area contributed by atoms with Crippen molar-refractivity contribution in [3.05, 3.63) is 23.9 Å². The van der Waals surface area contributed by atoms with Gasteiger partial charge in [-0.2, -0.15) is 0 Å². The van der Waals surface area contributed by atoms with Gasteiger partial charge >= 0.3 is 6.09 Å². The molecular formula is C9H12N2O2. The summed E-state index contributed by atoms with van der Waals surface area (Å²) in [5.74, 6) is 0.543. The molecule has 13 heavy (non-hydrogen) atoms. The highest BCUT2D eigenvalue weighted by Crippen LogP contribution is 2.08. The first-order valence-corrected chi connectivity index (χ1v) is 4.09. The quantitative estimate of drug-likeness (QED) is 0.756. The fourth-order valence-electron chi connectivity index (χ4n) is 0.880. The molecule has 1 aromatic heterocycles. The molecule has 4 heteroatoms. The Kier molecular flexibility index (Phi) is 3.25. The monoisotopic (exact) mass is 180 g/mol. The summed E-state index contributed by atoms with van der Waals surface area (Å²) < 4.78 is 4.71. The largest absolute Gasteiger partial charge is 0.450 e. The van der Waals surface area contributed by atoms with E-state index in [1.165, 1.54) is 0 Å². The smallest absolute Gasteiger partial charge is 0.412 e. The Hall–Kier alpha value is -1.58. The van der Waals surface area contributed by atoms with E-state index in [2.05, 4.69) is 10.3 Å². The van der Waals surface area contributed by atoms with Crippen LogP contribution >= 0.6 is 0 Å². The molecule has 1 amide bonds. The van der Waals surface area contributed by atoms with Crippen LogP contribution in [0.1, 0.15) is 12.5 Å². The Balaban J connectivity index is 2.63. The molecule has 0 saturated heterocycles. The molecule has 1 rings (SSSR count). The SMILES string of the molecule is CCOC(=O)Nc1ncccc1C. The van der Waals surface area contributed by atoms with E-state index in [1.807, 2.05) is 19.1 Å². The number of nitrogens with one attached hydrogen (secondary N) is 1. The van der Waals surface area contributed by atoms with Gasteiger partial charge in [0.25, 0.3) is 0 Å². The van der Waals surface area contributed by atoms with Crippen molar-refractivity contribution in [3.8, 4) is 0 Å². The number of anilines is 1. The maximum absolute atomic E-state index is 11.0. The number of rotatable bonds is 2. The predicted octanol–water partition coefficient (Wildman–Crippen LogP) is 1.96. The number of hydrogen-bond acceptors (Lipinski definition) is 3. The van der Waals surface area contributed by atoms with Gasteiger partial charge in [0.1, 0.15) is 5.82 Å². The van der Waals surface area contributed by atoms with Crippen LogP contribution in [0.2, 0.25) is 0 Å². The number of carbonyl (C=O) groups excluding carboxylic acids is 1. The molecule has 0 fully saturated rings. The van der Waals surface area contributed by atoms with Gasteiger partial charge in [-0.25, -0.2) is 9.78 Å². The van der Waals surface area contributed by atoms with Crippen LogP contribution in [0.5, 0.6) is 0 Å². The standard InChI is InChI=1S/C9H12N2O2/c1-3-13-9(12)11-8-7(2)5-4-6-10-8/h4-6H,3H2,1-2H3,(H,10,11,12). The van der Waals surface area contributed by atoms with Crippen LogP contribution in [-0.4, -0.2) is 17.7 Å². The summed E-state index contributed by atoms with van der Waals surface area (Å²) >= 11 is 0. The van der Waals surface area contributed by atoms with Gasteiger partial charge in [0.05, 0.1) is 6.61 Å². The van der Waals surface area contributed by atoms with Crippen LogP contribution in [-0.2, 0) is 4.74 Å². The highest BCUT2D eigenvalue weighted by molar-refractivity contribution is 5.84. The molecule has 0 bridgehead atoms. The minimum absolute atomic E-state index is 0.359. The summed E-state index contributed by atoms with van der Waals surface area (Å²) in [4.78, 5) is 15.0. The van der Waals surface area contributed by atoms with Crippen molar-refractivity contribution in [2.45, 2.75) is 13.8 Å². The Morgan fingerprint density at radius 2 is 2.46 bits per heavy atom. The minimum atomic E-state index is -0.468. The number of ether oxygens (including phenoxy) is 1. The Morgan fingerprint density at radius 1 is 1.69 bits per heavy atom. The van der Waals surface area contributed by atoms with Crippen LogP contribution in [0.25, 0.3) is 0 Å². The van der Waals surface area contributed by atoms with Crippen molar-refractivity contribution in [2.75, 3.05) is 11.9 Å². The molecule has 4 nitrogen and oxygen atoms in total. The van der Waals surface area contributed by atoms with Gasteiger partial charge in [0, 0.05) is 6.20 Å². The number of aromatic nitrogens is 1. The minimum Gasteiger partial charge on any atom is -0.450 e. The van der Waals surface area contributed by atoms with E-state index in [1.54, 1.807) is 13.1 Å². The Bertz CT molecular complexity index is 299. The first-order chi connectivity index (χ1) is 6.24. The Labute approximate surface area is 76.9 Å². The second-order valence-electron chi connectivity index (χ2n) is 2.51. The maximum Gasteiger partial charge on any atom is 0.412 e. The van der Waals surface area contributed by atoms with E-state index in [-0.39, 0.29) is 0 Å². The molecule has 0 saturated carbocycles. The van der Waals surface area contributed by atoms with Crippen molar-refractivity contribution >= 4 is 11.9 Å². The van der Waals surface area contributed by atoms with Crippen LogP contribution in [0, 0.1) is 6.92 Å². The van der Waals surface area contributed by atoms with Gasteiger partial charge in [-0.3, -0.25) is 5.32 Å². The summed E-state index contributed by atoms with van der Waals surface area (Å²) in [6, 6.07) is 3.68. The van der Waals surface area contributed by atoms with E-state index in [0.717, 1.165) is 5.56 Å². The lowest BCUT2D eigenvalue weighted by Gasteiger charge is -2.05. The molecule has 1 heterocycles. The zero-order valence-electron chi connectivity index (χ0n) is 7.70. The second-order valence-corrected chi connectivity index (χ2v) is 2.51. The van der Waals surface area contributed by atoms with E-state index in [4.69, 9.17) is 4.74 Å². The number of aryl methyl sites for hydroxylation is 1. The number of pyridine rings is 1. The number of hydrogen-bond donors (Lipinski definition) is 1. The van der Waals surface area contributed by atoms with Crippen molar-refractivity contribution < 1.29 is 9.53 Å². The third-order valence-electron chi connectivity index (χ3n) is 1.51. The van der Waals surface area contributed by atoms with Crippen molar-refractivity contribution in [1.82, 2.24) is 4.98 Å². The van der Waals surface area contributed by atoms with Crippen LogP contribution < -0.4 is 5.32 Å². The molecule has 0 aromatic carbocycles. The zero-order chi connectivity index (χ0) is 9.68. The average molecular weight is 180 g/mol. The molecule has 70 valence electrons. The predicted molar refractivity (Wildman–Crippen MR) is 49.6 cm³/mol. The number of carbonyl (C=O) groups is 1. The number of amides is 1. The molecular weight excluding hydrogens is 168 g/mol. The van der Waals surface area contributed by atoms with E-state index >= 15 is 0 Å². The topological polar surface area (TPSA) is 51.2 Å². The van der Waals surface area contributed by atoms with Crippen molar-refractivity contribution in [1.29, 1.82) is 0 Å². The van der Waals surface area contributed by atoms with Gasteiger partial charge in [0.15, 0.2) is 0 Å². The fraction of sp³-hybridized carbons (Fsp3) is 0.333. The van der Waals surface area contributed by atoms with Gasteiger partial charge in [-0.05, 0) is 25.5 Å². The fourth-order valence-corrected chi connectivity index (χ4v) is 0.880. The summed E-state index contributed by atoms with van der Waals surface area (Å²) in [6.45, 7) is 3.98. The lowest BCUT2D eigenvalue weighted by atomic mass is 10.3. The Morgan fingerprint density at radius 3 is 3.08 bits per heavy atom. The molecule has 0 spiro atoms. The van der Waals surface area contributed by atoms with Crippen LogP contribution in [0.3, 0.4) is 0 Å². The molecule has 1 aromatic rings. The first kappa shape index (κ1) is 9.51. The first-order valence-electron chi connectivity index (χ1n) is 4.09. The zero-order valence-corrected chi connectivity index (χ0v) is 7.70. The van der Waals surface area contributed by atoms with Gasteiger partial charge in [-0.1, -0.05) is 6.07 Å². The molecule has 0 aliphatic heterocycles. The third-order valence-corrected chi connectivity index (χ3v) is 1.51. The van der Waals surface area contributed by atoms with Gasteiger partial charge in [-0.15, -0.1) is 0 Å². The highest BCUT2D eigenvalue weighted by Gasteiger charge is 2.03. The molecule has 0 radical (unpaired) electrons. The summed E-state index contributed by atoms with van der Waals surface area (Å²) in [7, 11) is 0. The molecule has 1 N–H and O–H groups in total. The summed E-state index contributed by atoms with van der Waals surface area (Å²) in [5, 5.41) is 2.54. The van der Waals surface area contributed by atoms with Crippen molar-refractivity contribution in [3.63, 3.8) is 0 Å². The maximum atomic E-state index is 11.0. The van der Waals surface area contributed by atoms with Crippen LogP contribution in [0.4, 0.5) is 10.6 Å².